The third-order valence-corrected chi connectivity index (χ3v) is 3.59. The number of hydrogen-bond donors (Lipinski definition) is 1. The number of nitrogens with one attached hydrogen (secondary N) is 1. The Bertz CT molecular complexity index is 975. The van der Waals surface area contributed by atoms with Gasteiger partial charge in [0.25, 0.3) is 0 Å². The molecule has 5 heteroatoms. The lowest BCUT2D eigenvalue weighted by Gasteiger charge is -2.04. The van der Waals surface area contributed by atoms with E-state index in [9.17, 15) is 4.39 Å². The summed E-state index contributed by atoms with van der Waals surface area (Å²) in [5, 5.41) is 2.06. The first-order chi connectivity index (χ1) is 10.2. The summed E-state index contributed by atoms with van der Waals surface area (Å²) in [4.78, 5) is 15.9. The van der Waals surface area contributed by atoms with Gasteiger partial charge in [0.1, 0.15) is 5.65 Å². The van der Waals surface area contributed by atoms with Gasteiger partial charge in [-0.25, -0.2) is 9.97 Å². The van der Waals surface area contributed by atoms with Crippen LogP contribution in [0.5, 0.6) is 0 Å². The van der Waals surface area contributed by atoms with Crippen molar-refractivity contribution < 1.29 is 4.39 Å². The van der Waals surface area contributed by atoms with Crippen LogP contribution in [-0.2, 0) is 0 Å². The van der Waals surface area contributed by atoms with Gasteiger partial charge in [-0.05, 0) is 37.3 Å². The number of pyridine rings is 3. The molecule has 0 fully saturated rings. The first-order valence-corrected chi connectivity index (χ1v) is 6.58. The molecule has 102 valence electrons. The van der Waals surface area contributed by atoms with Crippen molar-refractivity contribution in [2.75, 3.05) is 0 Å². The first kappa shape index (κ1) is 12.0. The van der Waals surface area contributed by atoms with Crippen LogP contribution in [0.15, 0.2) is 42.7 Å². The normalized spacial score (nSPS) is 11.3. The SMILES string of the molecule is Cc1nc(F)ccc1-c1ccc2c(n1)[nH]c1ccncc12. The van der Waals surface area contributed by atoms with Crippen molar-refractivity contribution in [2.45, 2.75) is 6.92 Å². The van der Waals surface area contributed by atoms with E-state index in [1.807, 2.05) is 24.4 Å². The van der Waals surface area contributed by atoms with Crippen LogP contribution in [-0.4, -0.2) is 19.9 Å². The van der Waals surface area contributed by atoms with E-state index in [4.69, 9.17) is 0 Å². The smallest absolute Gasteiger partial charge is 0.213 e. The van der Waals surface area contributed by atoms with Crippen LogP contribution in [0.25, 0.3) is 33.2 Å². The van der Waals surface area contributed by atoms with E-state index in [0.717, 1.165) is 33.2 Å². The lowest BCUT2D eigenvalue weighted by Crippen LogP contribution is -1.93. The third kappa shape index (κ3) is 1.86. The predicted octanol–water partition coefficient (Wildman–Crippen LogP) is 3.62. The van der Waals surface area contributed by atoms with Crippen molar-refractivity contribution in [3.05, 3.63) is 54.4 Å². The number of rotatable bonds is 1. The van der Waals surface area contributed by atoms with Gasteiger partial charge in [0.05, 0.1) is 11.2 Å². The summed E-state index contributed by atoms with van der Waals surface area (Å²) >= 11 is 0. The highest BCUT2D eigenvalue weighted by molar-refractivity contribution is 6.05. The van der Waals surface area contributed by atoms with Gasteiger partial charge in [0.2, 0.25) is 5.95 Å². The summed E-state index contributed by atoms with van der Waals surface area (Å²) in [6, 6.07) is 8.90. The van der Waals surface area contributed by atoms with Crippen LogP contribution in [0.4, 0.5) is 4.39 Å². The number of aromatic nitrogens is 4. The first-order valence-electron chi connectivity index (χ1n) is 6.58. The fraction of sp³-hybridized carbons (Fsp3) is 0.0625. The maximum atomic E-state index is 13.1. The van der Waals surface area contributed by atoms with E-state index in [0.29, 0.717) is 5.69 Å². The molecule has 0 unspecified atom stereocenters. The highest BCUT2D eigenvalue weighted by Crippen LogP contribution is 2.27. The molecule has 0 spiro atoms. The molecular formula is C16H11FN4. The molecule has 0 aliphatic rings. The number of hydrogen-bond acceptors (Lipinski definition) is 3. The Morgan fingerprint density at radius 3 is 2.76 bits per heavy atom. The number of aromatic amines is 1. The minimum absolute atomic E-state index is 0.478. The molecule has 0 atom stereocenters. The highest BCUT2D eigenvalue weighted by atomic mass is 19.1. The number of aryl methyl sites for hydroxylation is 1. The average molecular weight is 278 g/mol. The second-order valence-electron chi connectivity index (χ2n) is 4.91. The molecule has 4 aromatic heterocycles. The minimum atomic E-state index is -0.478. The zero-order valence-corrected chi connectivity index (χ0v) is 11.3. The molecule has 4 rings (SSSR count). The zero-order chi connectivity index (χ0) is 14.4. The van der Waals surface area contributed by atoms with Crippen molar-refractivity contribution in [1.29, 1.82) is 0 Å². The Kier molecular flexibility index (Phi) is 2.47. The van der Waals surface area contributed by atoms with Crippen LogP contribution in [0.2, 0.25) is 0 Å². The van der Waals surface area contributed by atoms with E-state index in [-0.39, 0.29) is 0 Å². The molecule has 0 radical (unpaired) electrons. The molecule has 4 heterocycles. The van der Waals surface area contributed by atoms with Crippen LogP contribution in [0.3, 0.4) is 0 Å². The number of fused-ring (bicyclic) bond motifs is 3. The summed E-state index contributed by atoms with van der Waals surface area (Å²) in [6.45, 7) is 1.78. The largest absolute Gasteiger partial charge is 0.339 e. The molecule has 0 saturated carbocycles. The quantitative estimate of drug-likeness (QED) is 0.541. The molecule has 21 heavy (non-hydrogen) atoms. The second-order valence-corrected chi connectivity index (χ2v) is 4.91. The fourth-order valence-corrected chi connectivity index (χ4v) is 2.57. The van der Waals surface area contributed by atoms with Gasteiger partial charge >= 0.3 is 0 Å². The summed E-state index contributed by atoms with van der Waals surface area (Å²) in [5.74, 6) is -0.478. The maximum absolute atomic E-state index is 13.1. The van der Waals surface area contributed by atoms with Gasteiger partial charge in [0, 0.05) is 34.4 Å². The lowest BCUT2D eigenvalue weighted by atomic mass is 10.1. The molecule has 0 aliphatic carbocycles. The number of halogens is 1. The molecule has 0 saturated heterocycles. The molecule has 0 amide bonds. The molecular weight excluding hydrogens is 267 g/mol. The number of H-pyrrole nitrogens is 1. The van der Waals surface area contributed by atoms with Gasteiger partial charge in [0.15, 0.2) is 0 Å². The standard InChI is InChI=1S/C16H11FN4/c1-9-10(3-5-15(17)19-9)13-4-2-11-12-8-18-7-6-14(12)21-16(11)20-13/h2-8H,1H3,(H,20,21). The van der Waals surface area contributed by atoms with Crippen molar-refractivity contribution in [3.8, 4) is 11.3 Å². The summed E-state index contributed by atoms with van der Waals surface area (Å²) in [7, 11) is 0. The van der Waals surface area contributed by atoms with Gasteiger partial charge in [-0.3, -0.25) is 4.98 Å². The molecule has 4 aromatic rings. The molecule has 1 N–H and O–H groups in total. The second kappa shape index (κ2) is 4.34. The van der Waals surface area contributed by atoms with E-state index in [1.165, 1.54) is 6.07 Å². The topological polar surface area (TPSA) is 54.5 Å². The zero-order valence-electron chi connectivity index (χ0n) is 11.3. The fourth-order valence-electron chi connectivity index (χ4n) is 2.57. The van der Waals surface area contributed by atoms with E-state index in [1.54, 1.807) is 19.2 Å². The highest BCUT2D eigenvalue weighted by Gasteiger charge is 2.10. The Hall–Kier alpha value is -2.82. The van der Waals surface area contributed by atoms with Crippen molar-refractivity contribution >= 4 is 21.9 Å². The van der Waals surface area contributed by atoms with Crippen LogP contribution < -0.4 is 0 Å². The van der Waals surface area contributed by atoms with Crippen LogP contribution in [0.1, 0.15) is 5.69 Å². The molecule has 0 bridgehead atoms. The van der Waals surface area contributed by atoms with Crippen molar-refractivity contribution in [2.24, 2.45) is 0 Å². The van der Waals surface area contributed by atoms with Crippen LogP contribution >= 0.6 is 0 Å². The summed E-state index contributed by atoms with van der Waals surface area (Å²) in [6.07, 6.45) is 3.56. The maximum Gasteiger partial charge on any atom is 0.213 e. The summed E-state index contributed by atoms with van der Waals surface area (Å²) in [5.41, 5.74) is 4.01. The molecule has 0 aromatic carbocycles. The number of nitrogens with zero attached hydrogens (tertiary/aromatic N) is 3. The Labute approximate surface area is 119 Å². The van der Waals surface area contributed by atoms with Crippen molar-refractivity contribution in [3.63, 3.8) is 0 Å². The third-order valence-electron chi connectivity index (χ3n) is 3.59. The Morgan fingerprint density at radius 2 is 1.90 bits per heavy atom. The average Bonchev–Trinajstić information content (AvgIpc) is 2.84. The van der Waals surface area contributed by atoms with Gasteiger partial charge in [-0.15, -0.1) is 0 Å². The van der Waals surface area contributed by atoms with Gasteiger partial charge < -0.3 is 4.98 Å². The van der Waals surface area contributed by atoms with Crippen molar-refractivity contribution in [1.82, 2.24) is 19.9 Å². The summed E-state index contributed by atoms with van der Waals surface area (Å²) < 4.78 is 13.1. The Morgan fingerprint density at radius 1 is 1.00 bits per heavy atom. The minimum Gasteiger partial charge on any atom is -0.339 e. The van der Waals surface area contributed by atoms with Crippen LogP contribution in [0, 0.1) is 12.9 Å². The monoisotopic (exact) mass is 278 g/mol. The van der Waals surface area contributed by atoms with E-state index < -0.39 is 5.95 Å². The Balaban J connectivity index is 1.96. The molecule has 4 nitrogen and oxygen atoms in total. The van der Waals surface area contributed by atoms with Gasteiger partial charge in [-0.1, -0.05) is 0 Å². The lowest BCUT2D eigenvalue weighted by molar-refractivity contribution is 0.580. The van der Waals surface area contributed by atoms with E-state index >= 15 is 0 Å². The van der Waals surface area contributed by atoms with Gasteiger partial charge in [-0.2, -0.15) is 4.39 Å². The molecule has 0 aliphatic heterocycles. The predicted molar refractivity (Wildman–Crippen MR) is 79.3 cm³/mol. The van der Waals surface area contributed by atoms with E-state index in [2.05, 4.69) is 19.9 Å².